The Balaban J connectivity index is 2.96. The Morgan fingerprint density at radius 1 is 1.33 bits per heavy atom. The van der Waals surface area contributed by atoms with E-state index in [1.807, 2.05) is 32.8 Å². The van der Waals surface area contributed by atoms with Crippen molar-refractivity contribution in [2.75, 3.05) is 20.6 Å². The first-order valence-corrected chi connectivity index (χ1v) is 9.01. The van der Waals surface area contributed by atoms with E-state index in [9.17, 15) is 12.8 Å². The van der Waals surface area contributed by atoms with Crippen molar-refractivity contribution in [3.05, 3.63) is 28.5 Å². The Morgan fingerprint density at radius 3 is 2.43 bits per heavy atom. The molecule has 0 aliphatic heterocycles. The number of hydrogen-bond acceptors (Lipinski definition) is 3. The third kappa shape index (κ3) is 6.02. The van der Waals surface area contributed by atoms with Gasteiger partial charge >= 0.3 is 0 Å². The summed E-state index contributed by atoms with van der Waals surface area (Å²) in [6.45, 7) is 4.67. The van der Waals surface area contributed by atoms with Crippen molar-refractivity contribution in [3.63, 3.8) is 0 Å². The second kappa shape index (κ2) is 7.67. The third-order valence-corrected chi connectivity index (χ3v) is 5.03. The Hall–Kier alpha value is -0.500. The molecule has 0 spiro atoms. The van der Waals surface area contributed by atoms with Gasteiger partial charge in [0.15, 0.2) is 0 Å². The zero-order chi connectivity index (χ0) is 16.2. The van der Waals surface area contributed by atoms with Crippen molar-refractivity contribution in [2.45, 2.75) is 31.2 Å². The number of hydrogen-bond donors (Lipinski definition) is 1. The fraction of sp³-hybridized carbons (Fsp3) is 0.571. The molecule has 1 unspecified atom stereocenters. The molecule has 21 heavy (non-hydrogen) atoms. The summed E-state index contributed by atoms with van der Waals surface area (Å²) in [6, 6.07) is 3.59. The summed E-state index contributed by atoms with van der Waals surface area (Å²) in [7, 11) is 0.0521. The minimum absolute atomic E-state index is 0.0595. The van der Waals surface area contributed by atoms with Crippen molar-refractivity contribution in [3.8, 4) is 0 Å². The van der Waals surface area contributed by atoms with E-state index in [4.69, 9.17) is 0 Å². The molecule has 0 bridgehead atoms. The molecule has 0 aliphatic carbocycles. The van der Waals surface area contributed by atoms with Crippen LogP contribution >= 0.6 is 15.9 Å². The van der Waals surface area contributed by atoms with Crippen LogP contribution in [0.15, 0.2) is 27.6 Å². The minimum Gasteiger partial charge on any atom is -0.308 e. The molecule has 1 rings (SSSR count). The van der Waals surface area contributed by atoms with Gasteiger partial charge in [-0.25, -0.2) is 17.5 Å². The van der Waals surface area contributed by atoms with Gasteiger partial charge in [0.2, 0.25) is 10.0 Å². The molecule has 0 fully saturated rings. The molecule has 0 aliphatic rings. The molecule has 0 heterocycles. The van der Waals surface area contributed by atoms with Crippen LogP contribution in [0.3, 0.4) is 0 Å². The summed E-state index contributed by atoms with van der Waals surface area (Å²) in [6.07, 6.45) is 0.719. The molecule has 0 radical (unpaired) electrons. The highest BCUT2D eigenvalue weighted by molar-refractivity contribution is 9.10. The number of benzene rings is 1. The number of halogens is 2. The zero-order valence-corrected chi connectivity index (χ0v) is 15.1. The first kappa shape index (κ1) is 18.5. The second-order valence-corrected chi connectivity index (χ2v) is 8.35. The van der Waals surface area contributed by atoms with Gasteiger partial charge in [0.05, 0.1) is 9.37 Å². The lowest BCUT2D eigenvalue weighted by molar-refractivity contribution is 0.329. The van der Waals surface area contributed by atoms with E-state index >= 15 is 0 Å². The van der Waals surface area contributed by atoms with Crippen LogP contribution in [0, 0.1) is 11.7 Å². The molecule has 1 aromatic rings. The normalized spacial score (nSPS) is 13.9. The van der Waals surface area contributed by atoms with Crippen LogP contribution < -0.4 is 4.72 Å². The van der Waals surface area contributed by atoms with E-state index in [1.54, 1.807) is 0 Å². The van der Waals surface area contributed by atoms with Gasteiger partial charge in [-0.3, -0.25) is 0 Å². The Morgan fingerprint density at radius 2 is 1.95 bits per heavy atom. The summed E-state index contributed by atoms with van der Waals surface area (Å²) < 4.78 is 41.1. The average Bonchev–Trinajstić information content (AvgIpc) is 2.29. The molecule has 7 heteroatoms. The number of nitrogens with zero attached hydrogens (tertiary/aromatic N) is 1. The van der Waals surface area contributed by atoms with Gasteiger partial charge in [-0.1, -0.05) is 13.8 Å². The van der Waals surface area contributed by atoms with Crippen molar-refractivity contribution in [1.29, 1.82) is 0 Å². The maximum Gasteiger partial charge on any atom is 0.240 e. The summed E-state index contributed by atoms with van der Waals surface area (Å²) in [5.41, 5.74) is 0. The highest BCUT2D eigenvalue weighted by Gasteiger charge is 2.22. The van der Waals surface area contributed by atoms with E-state index in [2.05, 4.69) is 20.7 Å². The molecular weight excluding hydrogens is 359 g/mol. The molecule has 120 valence electrons. The molecule has 1 atom stereocenters. The largest absolute Gasteiger partial charge is 0.308 e. The highest BCUT2D eigenvalue weighted by Crippen LogP contribution is 2.20. The number of sulfonamides is 1. The minimum atomic E-state index is -3.73. The molecule has 0 saturated carbocycles. The number of nitrogens with one attached hydrogen (secondary N) is 1. The standard InChI is InChI=1S/C14H22BrFN2O2S/c1-10(2)7-11(9-18(3)4)17-21(19,20)12-5-6-13(15)14(16)8-12/h5-6,8,10-11,17H,7,9H2,1-4H3. The van der Waals surface area contributed by atoms with Crippen LogP contribution in [0.25, 0.3) is 0 Å². The summed E-state index contributed by atoms with van der Waals surface area (Å²) in [4.78, 5) is 1.87. The Bertz CT molecular complexity index is 566. The molecule has 0 aromatic heterocycles. The predicted molar refractivity (Wildman–Crippen MR) is 86.2 cm³/mol. The zero-order valence-electron chi connectivity index (χ0n) is 12.7. The van der Waals surface area contributed by atoms with Gasteiger partial charge in [-0.2, -0.15) is 0 Å². The predicted octanol–water partition coefficient (Wildman–Crippen LogP) is 2.84. The third-order valence-electron chi connectivity index (χ3n) is 2.86. The van der Waals surface area contributed by atoms with Crippen LogP contribution in [0.1, 0.15) is 20.3 Å². The van der Waals surface area contributed by atoms with Gasteiger partial charge in [-0.05, 0) is 60.6 Å². The molecule has 1 N–H and O–H groups in total. The van der Waals surface area contributed by atoms with Gasteiger partial charge in [-0.15, -0.1) is 0 Å². The van der Waals surface area contributed by atoms with E-state index in [1.165, 1.54) is 12.1 Å². The van der Waals surface area contributed by atoms with E-state index in [0.29, 0.717) is 12.5 Å². The van der Waals surface area contributed by atoms with Gasteiger partial charge in [0.25, 0.3) is 0 Å². The molecule has 4 nitrogen and oxygen atoms in total. The summed E-state index contributed by atoms with van der Waals surface area (Å²) in [5.74, 6) is -0.231. The van der Waals surface area contributed by atoms with Gasteiger partial charge in [0.1, 0.15) is 5.82 Å². The van der Waals surface area contributed by atoms with Crippen LogP contribution in [0.4, 0.5) is 4.39 Å². The van der Waals surface area contributed by atoms with Crippen LogP contribution in [-0.2, 0) is 10.0 Å². The summed E-state index contributed by atoms with van der Waals surface area (Å²) >= 11 is 3.02. The van der Waals surface area contributed by atoms with Crippen molar-refractivity contribution in [2.24, 2.45) is 5.92 Å². The fourth-order valence-electron chi connectivity index (χ4n) is 2.10. The maximum atomic E-state index is 13.5. The van der Waals surface area contributed by atoms with Crippen molar-refractivity contribution < 1.29 is 12.8 Å². The van der Waals surface area contributed by atoms with E-state index in [0.717, 1.165) is 12.5 Å². The van der Waals surface area contributed by atoms with E-state index in [-0.39, 0.29) is 15.4 Å². The first-order chi connectivity index (χ1) is 9.61. The number of likely N-dealkylation sites (N-methyl/N-ethyl adjacent to an activating group) is 1. The Labute approximate surface area is 134 Å². The topological polar surface area (TPSA) is 49.4 Å². The van der Waals surface area contributed by atoms with Crippen LogP contribution in [0.2, 0.25) is 0 Å². The Kier molecular flexibility index (Phi) is 6.77. The SMILES string of the molecule is CC(C)CC(CN(C)C)NS(=O)(=O)c1ccc(Br)c(F)c1. The fourth-order valence-corrected chi connectivity index (χ4v) is 3.60. The van der Waals surface area contributed by atoms with Gasteiger partial charge < -0.3 is 4.90 Å². The maximum absolute atomic E-state index is 13.5. The quantitative estimate of drug-likeness (QED) is 0.790. The summed E-state index contributed by atoms with van der Waals surface area (Å²) in [5, 5.41) is 0. The average molecular weight is 381 g/mol. The van der Waals surface area contributed by atoms with Crippen LogP contribution in [-0.4, -0.2) is 40.0 Å². The molecule has 1 aromatic carbocycles. The lowest BCUT2D eigenvalue weighted by Crippen LogP contribution is -2.42. The molecule has 0 saturated heterocycles. The van der Waals surface area contributed by atoms with Crippen molar-refractivity contribution >= 4 is 26.0 Å². The van der Waals surface area contributed by atoms with Gasteiger partial charge in [0, 0.05) is 12.6 Å². The first-order valence-electron chi connectivity index (χ1n) is 6.74. The molecule has 0 amide bonds. The number of rotatable bonds is 7. The lowest BCUT2D eigenvalue weighted by atomic mass is 10.0. The van der Waals surface area contributed by atoms with Crippen molar-refractivity contribution in [1.82, 2.24) is 9.62 Å². The second-order valence-electron chi connectivity index (χ2n) is 5.79. The monoisotopic (exact) mass is 380 g/mol. The molecular formula is C14H22BrFN2O2S. The van der Waals surface area contributed by atoms with E-state index < -0.39 is 15.8 Å². The lowest BCUT2D eigenvalue weighted by Gasteiger charge is -2.23. The van der Waals surface area contributed by atoms with Crippen LogP contribution in [0.5, 0.6) is 0 Å². The highest BCUT2D eigenvalue weighted by atomic mass is 79.9. The smallest absolute Gasteiger partial charge is 0.240 e.